The molecule has 1 unspecified atom stereocenters. The molecule has 4 aliphatic rings. The Hall–Kier alpha value is -3.46. The van der Waals surface area contributed by atoms with Crippen LogP contribution in [0.4, 0.5) is 5.69 Å². The molecule has 6 rings (SSSR count). The summed E-state index contributed by atoms with van der Waals surface area (Å²) in [5.41, 5.74) is -0.871. The van der Waals surface area contributed by atoms with Crippen molar-refractivity contribution in [2.45, 2.75) is 43.6 Å². The predicted octanol–water partition coefficient (Wildman–Crippen LogP) is 3.58. The minimum Gasteiger partial charge on any atom is -0.396 e. The van der Waals surface area contributed by atoms with Gasteiger partial charge in [0.15, 0.2) is 0 Å². The number of carbonyl (C=O) groups excluding carboxylic acids is 3. The number of benzene rings is 2. The van der Waals surface area contributed by atoms with Crippen LogP contribution in [0.25, 0.3) is 0 Å². The van der Waals surface area contributed by atoms with Gasteiger partial charge in [-0.3, -0.25) is 14.4 Å². The lowest BCUT2D eigenvalue weighted by molar-refractivity contribution is -0.148. The molecule has 0 aliphatic carbocycles. The van der Waals surface area contributed by atoms with Crippen molar-refractivity contribution >= 4 is 35.0 Å². The van der Waals surface area contributed by atoms with Gasteiger partial charge in [-0.05, 0) is 37.5 Å². The van der Waals surface area contributed by atoms with Gasteiger partial charge in [-0.25, -0.2) is 0 Å². The average molecular weight is 576 g/mol. The van der Waals surface area contributed by atoms with Crippen molar-refractivity contribution in [3.8, 4) is 0 Å². The van der Waals surface area contributed by atoms with E-state index in [-0.39, 0.29) is 37.4 Å². The number of rotatable bonds is 7. The summed E-state index contributed by atoms with van der Waals surface area (Å²) in [7, 11) is 0. The summed E-state index contributed by atoms with van der Waals surface area (Å²) in [4.78, 5) is 48.1. The Balaban J connectivity index is 1.43. The molecule has 1 spiro atoms. The van der Waals surface area contributed by atoms with Crippen molar-refractivity contribution in [1.29, 1.82) is 0 Å². The van der Waals surface area contributed by atoms with Crippen LogP contribution in [-0.4, -0.2) is 76.1 Å². The Morgan fingerprint density at radius 2 is 1.63 bits per heavy atom. The molecule has 2 saturated heterocycles. The molecule has 0 aromatic heterocycles. The lowest BCUT2D eigenvalue weighted by Gasteiger charge is -2.37. The summed E-state index contributed by atoms with van der Waals surface area (Å²) < 4.78 is 6.88. The third-order valence-corrected chi connectivity index (χ3v) is 9.13. The van der Waals surface area contributed by atoms with Gasteiger partial charge in [0.25, 0.3) is 5.91 Å². The Labute approximate surface area is 244 Å². The minimum atomic E-state index is -1.33. The summed E-state index contributed by atoms with van der Waals surface area (Å²) in [6.07, 6.45) is 8.51. The van der Waals surface area contributed by atoms with Crippen molar-refractivity contribution in [3.63, 3.8) is 0 Å². The molecule has 5 atom stereocenters. The Bertz CT molecular complexity index is 1410. The third-order valence-electron chi connectivity index (χ3n) is 8.81. The molecule has 1 N–H and O–H groups in total. The van der Waals surface area contributed by atoms with E-state index >= 15 is 0 Å². The van der Waals surface area contributed by atoms with E-state index in [9.17, 15) is 19.5 Å². The van der Waals surface area contributed by atoms with Crippen molar-refractivity contribution in [2.24, 2.45) is 11.8 Å². The van der Waals surface area contributed by atoms with E-state index < -0.39 is 29.1 Å². The van der Waals surface area contributed by atoms with E-state index in [1.165, 1.54) is 0 Å². The lowest BCUT2D eigenvalue weighted by Crippen LogP contribution is -2.56. The van der Waals surface area contributed by atoms with Gasteiger partial charge >= 0.3 is 0 Å². The molecule has 3 amide bonds. The van der Waals surface area contributed by atoms with E-state index in [1.54, 1.807) is 32.9 Å². The highest BCUT2D eigenvalue weighted by Gasteiger charge is 2.74. The minimum absolute atomic E-state index is 0.0181. The molecule has 41 heavy (non-hydrogen) atoms. The maximum absolute atomic E-state index is 14.5. The van der Waals surface area contributed by atoms with Gasteiger partial charge in [-0.1, -0.05) is 78.4 Å². The van der Waals surface area contributed by atoms with Crippen molar-refractivity contribution < 1.29 is 24.2 Å². The molecule has 2 aromatic carbocycles. The maximum atomic E-state index is 14.5. The van der Waals surface area contributed by atoms with Gasteiger partial charge in [0, 0.05) is 32.8 Å². The van der Waals surface area contributed by atoms with Gasteiger partial charge in [0.2, 0.25) is 11.8 Å². The first-order valence-corrected chi connectivity index (χ1v) is 14.5. The van der Waals surface area contributed by atoms with Crippen molar-refractivity contribution in [1.82, 2.24) is 9.80 Å². The second kappa shape index (κ2) is 10.7. The van der Waals surface area contributed by atoms with Gasteiger partial charge in [0.1, 0.15) is 11.6 Å². The first-order chi connectivity index (χ1) is 19.8. The summed E-state index contributed by atoms with van der Waals surface area (Å²) in [5, 5.41) is 9.86. The molecule has 2 fully saturated rings. The average Bonchev–Trinajstić information content (AvgIpc) is 3.23. The zero-order valence-corrected chi connectivity index (χ0v) is 23.7. The fraction of sp³-hybridized carbons (Fsp3) is 0.406. The molecule has 4 heterocycles. The molecule has 214 valence electrons. The standard InChI is InChI=1S/C32H34ClN3O5/c1-31-15-9-17-34(21-22-11-3-2-4-12-22)28(38)25(31)26-29(39)36(18-7-8-20-37)27-30(40)35(19-10-16-32(26,27)41-31)24-14-6-5-13-23(24)33/h2-6,9-16,25-27,37H,7-8,17-21H2,1H3/t25-,26-,27?,31+,32-/m0/s1. The van der Waals surface area contributed by atoms with E-state index in [1.807, 2.05) is 67.6 Å². The highest BCUT2D eigenvalue weighted by Crippen LogP contribution is 2.57. The van der Waals surface area contributed by atoms with Crippen LogP contribution in [0.3, 0.4) is 0 Å². The van der Waals surface area contributed by atoms with E-state index in [2.05, 4.69) is 0 Å². The highest BCUT2D eigenvalue weighted by molar-refractivity contribution is 6.34. The molecule has 8 nitrogen and oxygen atoms in total. The van der Waals surface area contributed by atoms with Crippen LogP contribution in [0.15, 0.2) is 78.9 Å². The smallest absolute Gasteiger partial charge is 0.253 e. The Morgan fingerprint density at radius 1 is 0.902 bits per heavy atom. The number of unbranched alkanes of at least 4 members (excludes halogenated alkanes) is 1. The van der Waals surface area contributed by atoms with Gasteiger partial charge in [-0.15, -0.1) is 0 Å². The van der Waals surface area contributed by atoms with Crippen molar-refractivity contribution in [3.05, 3.63) is 89.5 Å². The number of nitrogens with zero attached hydrogens (tertiary/aromatic N) is 3. The first kappa shape index (κ1) is 27.7. The Kier molecular flexibility index (Phi) is 7.26. The molecule has 4 aliphatic heterocycles. The summed E-state index contributed by atoms with van der Waals surface area (Å²) in [5.74, 6) is -2.44. The number of para-hydroxylation sites is 1. The van der Waals surface area contributed by atoms with Crippen LogP contribution in [0, 0.1) is 11.8 Å². The number of carbonyl (C=O) groups is 3. The number of aliphatic hydroxyl groups is 1. The van der Waals surface area contributed by atoms with Gasteiger partial charge in [0.05, 0.1) is 28.1 Å². The molecular weight excluding hydrogens is 542 g/mol. The monoisotopic (exact) mass is 575 g/mol. The molecule has 2 aromatic rings. The quantitative estimate of drug-likeness (QED) is 0.403. The molecule has 9 heteroatoms. The SMILES string of the molecule is C[C@@]12C=CCN(Cc3ccccc3)C(=O)[C@@H]1[C@H]1C(=O)N(CCCCO)C3C(=O)N(c4ccccc4Cl)CC=C[C@@]31O2. The molecule has 0 bridgehead atoms. The number of anilines is 1. The normalized spacial score (nSPS) is 30.8. The zero-order valence-electron chi connectivity index (χ0n) is 23.0. The Morgan fingerprint density at radius 3 is 2.39 bits per heavy atom. The van der Waals surface area contributed by atoms with Crippen LogP contribution < -0.4 is 4.90 Å². The maximum Gasteiger partial charge on any atom is 0.253 e. The highest BCUT2D eigenvalue weighted by atomic mass is 35.5. The van der Waals surface area contributed by atoms with Gasteiger partial charge < -0.3 is 24.5 Å². The van der Waals surface area contributed by atoms with Crippen LogP contribution in [0.5, 0.6) is 0 Å². The van der Waals surface area contributed by atoms with Crippen LogP contribution in [-0.2, 0) is 25.7 Å². The van der Waals surface area contributed by atoms with Crippen LogP contribution in [0.1, 0.15) is 25.3 Å². The summed E-state index contributed by atoms with van der Waals surface area (Å²) in [6, 6.07) is 15.9. The number of hydrogen-bond acceptors (Lipinski definition) is 5. The largest absolute Gasteiger partial charge is 0.396 e. The molecular formula is C32H34ClN3O5. The second-order valence-electron chi connectivity index (χ2n) is 11.4. The summed E-state index contributed by atoms with van der Waals surface area (Å²) in [6.45, 7) is 3.15. The van der Waals surface area contributed by atoms with Crippen LogP contribution in [0.2, 0.25) is 5.02 Å². The molecule has 0 saturated carbocycles. The topological polar surface area (TPSA) is 90.4 Å². The predicted molar refractivity (Wildman–Crippen MR) is 155 cm³/mol. The van der Waals surface area contributed by atoms with Crippen molar-refractivity contribution in [2.75, 3.05) is 31.1 Å². The number of aliphatic hydroxyl groups excluding tert-OH is 1. The number of likely N-dealkylation sites (tertiary alicyclic amines) is 1. The number of halogens is 1. The van der Waals surface area contributed by atoms with Gasteiger partial charge in [-0.2, -0.15) is 0 Å². The number of hydrogen-bond donors (Lipinski definition) is 1. The fourth-order valence-corrected chi connectivity index (χ4v) is 7.28. The summed E-state index contributed by atoms with van der Waals surface area (Å²) >= 11 is 6.52. The second-order valence-corrected chi connectivity index (χ2v) is 11.8. The lowest BCUT2D eigenvalue weighted by atomic mass is 9.74. The first-order valence-electron chi connectivity index (χ1n) is 14.2. The zero-order chi connectivity index (χ0) is 28.8. The van der Waals surface area contributed by atoms with E-state index in [0.717, 1.165) is 5.56 Å². The number of fused-ring (bicyclic) bond motifs is 2. The van der Waals surface area contributed by atoms with E-state index in [4.69, 9.17) is 16.3 Å². The number of ether oxygens (including phenoxy) is 1. The fourth-order valence-electron chi connectivity index (χ4n) is 7.04. The van der Waals surface area contributed by atoms with E-state index in [0.29, 0.717) is 36.6 Å². The van der Waals surface area contributed by atoms with Crippen LogP contribution >= 0.6 is 11.6 Å². The number of amides is 3. The molecule has 0 radical (unpaired) electrons. The third kappa shape index (κ3) is 4.49.